The number of aliphatic hydroxyl groups excluding tert-OH is 1. The Labute approximate surface area is 201 Å². The summed E-state index contributed by atoms with van der Waals surface area (Å²) in [7, 11) is 2.16. The second-order valence-electron chi connectivity index (χ2n) is 11.8. The van der Waals surface area contributed by atoms with Gasteiger partial charge >= 0.3 is 5.97 Å². The van der Waals surface area contributed by atoms with Crippen LogP contribution in [0.25, 0.3) is 0 Å². The van der Waals surface area contributed by atoms with E-state index in [4.69, 9.17) is 9.47 Å². The highest BCUT2D eigenvalue weighted by molar-refractivity contribution is 5.85. The lowest BCUT2D eigenvalue weighted by Gasteiger charge is -2.55. The molecule has 8 rings (SSSR count). The first-order chi connectivity index (χ1) is 15.4. The number of ether oxygens (including phenoxy) is 2. The predicted molar refractivity (Wildman–Crippen MR) is 127 cm³/mol. The third kappa shape index (κ3) is 3.15. The summed E-state index contributed by atoms with van der Waals surface area (Å²) in [6.45, 7) is 1.83. The van der Waals surface area contributed by atoms with Gasteiger partial charge in [0.25, 0.3) is 0 Å². The average molecular weight is 472 g/mol. The first kappa shape index (κ1) is 21.9. The molecule has 2 aliphatic heterocycles. The fourth-order valence-corrected chi connectivity index (χ4v) is 8.57. The van der Waals surface area contributed by atoms with Crippen molar-refractivity contribution in [2.75, 3.05) is 13.6 Å². The molecule has 0 radical (unpaired) electrons. The number of halogens is 1. The van der Waals surface area contributed by atoms with Gasteiger partial charge in [-0.25, -0.2) is 0 Å². The lowest BCUT2D eigenvalue weighted by molar-refractivity contribution is -0.161. The molecular formula is C27H34ClNO4. The van der Waals surface area contributed by atoms with E-state index in [0.29, 0.717) is 29.9 Å². The van der Waals surface area contributed by atoms with E-state index < -0.39 is 6.10 Å². The number of nitrogens with zero attached hydrogens (tertiary/aromatic N) is 1. The number of esters is 1. The molecule has 7 aliphatic rings. The quantitative estimate of drug-likeness (QED) is 0.394. The molecule has 0 unspecified atom stereocenters. The summed E-state index contributed by atoms with van der Waals surface area (Å²) in [5.74, 6) is 3.44. The number of carbonyl (C=O) groups is 1. The summed E-state index contributed by atoms with van der Waals surface area (Å²) >= 11 is 0. The Balaban J connectivity index is 0.00000206. The molecule has 4 bridgehead atoms. The molecule has 3 atom stereocenters. The SMILES string of the molecule is CN1CC[C@@]23C=C[C@H](O)C[C@@H]2Oc2c(OC(=O)C45CC6CC(CC(C6)C4)C5)ccc(c23)C1.Cl. The van der Waals surface area contributed by atoms with Crippen LogP contribution in [0.1, 0.15) is 62.5 Å². The Morgan fingerprint density at radius 3 is 2.52 bits per heavy atom. The summed E-state index contributed by atoms with van der Waals surface area (Å²) in [5.41, 5.74) is 1.91. The van der Waals surface area contributed by atoms with E-state index in [9.17, 15) is 9.90 Å². The monoisotopic (exact) mass is 471 g/mol. The van der Waals surface area contributed by atoms with Gasteiger partial charge in [-0.2, -0.15) is 0 Å². The average Bonchev–Trinajstić information content (AvgIpc) is 3.00. The van der Waals surface area contributed by atoms with Gasteiger partial charge < -0.3 is 19.5 Å². The molecule has 4 fully saturated rings. The van der Waals surface area contributed by atoms with Gasteiger partial charge in [-0.3, -0.25) is 4.79 Å². The van der Waals surface area contributed by atoms with Crippen LogP contribution in [0.3, 0.4) is 0 Å². The van der Waals surface area contributed by atoms with Crippen LogP contribution in [0.2, 0.25) is 0 Å². The lowest BCUT2D eigenvalue weighted by Crippen LogP contribution is -2.51. The molecule has 0 aromatic heterocycles. The van der Waals surface area contributed by atoms with Crippen LogP contribution in [0, 0.1) is 23.2 Å². The van der Waals surface area contributed by atoms with Crippen LogP contribution >= 0.6 is 12.4 Å². The fraction of sp³-hybridized carbons (Fsp3) is 0.667. The summed E-state index contributed by atoms with van der Waals surface area (Å²) in [5, 5.41) is 10.3. The van der Waals surface area contributed by atoms with Crippen molar-refractivity contribution < 1.29 is 19.4 Å². The number of aliphatic hydroxyl groups is 1. The highest BCUT2D eigenvalue weighted by atomic mass is 35.5. The topological polar surface area (TPSA) is 59.0 Å². The van der Waals surface area contributed by atoms with Crippen LogP contribution < -0.4 is 9.47 Å². The van der Waals surface area contributed by atoms with Crippen molar-refractivity contribution in [2.24, 2.45) is 23.2 Å². The predicted octanol–water partition coefficient (Wildman–Crippen LogP) is 4.39. The number of hydrogen-bond acceptors (Lipinski definition) is 5. The minimum atomic E-state index is -0.484. The van der Waals surface area contributed by atoms with Gasteiger partial charge in [-0.1, -0.05) is 18.2 Å². The van der Waals surface area contributed by atoms with E-state index in [0.717, 1.165) is 44.5 Å². The van der Waals surface area contributed by atoms with Gasteiger partial charge in [-0.15, -0.1) is 12.4 Å². The highest BCUT2D eigenvalue weighted by Crippen LogP contribution is 2.61. The van der Waals surface area contributed by atoms with E-state index in [2.05, 4.69) is 24.1 Å². The van der Waals surface area contributed by atoms with E-state index in [1.165, 1.54) is 30.4 Å². The van der Waals surface area contributed by atoms with E-state index >= 15 is 0 Å². The number of rotatable bonds is 2. The zero-order valence-corrected chi connectivity index (χ0v) is 20.1. The van der Waals surface area contributed by atoms with Crippen LogP contribution in [-0.2, 0) is 16.8 Å². The molecule has 0 saturated heterocycles. The molecule has 5 aliphatic carbocycles. The van der Waals surface area contributed by atoms with Gasteiger partial charge in [0, 0.05) is 18.5 Å². The molecule has 4 saturated carbocycles. The Bertz CT molecular complexity index is 986. The first-order valence-corrected chi connectivity index (χ1v) is 12.6. The largest absolute Gasteiger partial charge is 0.485 e. The molecule has 5 nitrogen and oxygen atoms in total. The zero-order valence-electron chi connectivity index (χ0n) is 19.3. The van der Waals surface area contributed by atoms with Crippen molar-refractivity contribution in [1.29, 1.82) is 0 Å². The van der Waals surface area contributed by atoms with Crippen LogP contribution in [0.4, 0.5) is 0 Å². The third-order valence-electron chi connectivity index (χ3n) is 9.60. The molecule has 2 heterocycles. The summed E-state index contributed by atoms with van der Waals surface area (Å²) in [4.78, 5) is 16.0. The molecule has 33 heavy (non-hydrogen) atoms. The van der Waals surface area contributed by atoms with E-state index in [1.54, 1.807) is 0 Å². The minimum Gasteiger partial charge on any atom is -0.485 e. The van der Waals surface area contributed by atoms with Crippen LogP contribution in [0.15, 0.2) is 24.3 Å². The number of hydrogen-bond donors (Lipinski definition) is 1. The molecule has 0 amide bonds. The van der Waals surface area contributed by atoms with E-state index in [-0.39, 0.29) is 35.3 Å². The van der Waals surface area contributed by atoms with Crippen molar-refractivity contribution in [3.05, 3.63) is 35.4 Å². The maximum absolute atomic E-state index is 13.7. The zero-order chi connectivity index (χ0) is 21.7. The van der Waals surface area contributed by atoms with Gasteiger partial charge in [0.1, 0.15) is 6.10 Å². The van der Waals surface area contributed by atoms with Crippen LogP contribution in [-0.4, -0.2) is 41.8 Å². The molecule has 1 aromatic rings. The number of benzene rings is 1. The number of carbonyl (C=O) groups excluding carboxylic acids is 1. The molecule has 6 heteroatoms. The van der Waals surface area contributed by atoms with E-state index in [1.807, 2.05) is 12.1 Å². The molecule has 1 N–H and O–H groups in total. The Kier molecular flexibility index (Phi) is 4.96. The molecule has 178 valence electrons. The maximum Gasteiger partial charge on any atom is 0.317 e. The minimum absolute atomic E-state index is 0. The van der Waals surface area contributed by atoms with Crippen molar-refractivity contribution in [3.63, 3.8) is 0 Å². The Hall–Kier alpha value is -1.56. The summed E-state index contributed by atoms with van der Waals surface area (Å²) in [6, 6.07) is 4.09. The molecular weight excluding hydrogens is 438 g/mol. The maximum atomic E-state index is 13.7. The van der Waals surface area contributed by atoms with Crippen molar-refractivity contribution in [1.82, 2.24) is 4.90 Å². The summed E-state index contributed by atoms with van der Waals surface area (Å²) in [6.07, 6.45) is 12.0. The normalized spacial score (nSPS) is 42.1. The lowest BCUT2D eigenvalue weighted by atomic mass is 9.49. The van der Waals surface area contributed by atoms with Gasteiger partial charge in [0.2, 0.25) is 0 Å². The van der Waals surface area contributed by atoms with Crippen LogP contribution in [0.5, 0.6) is 11.5 Å². The second-order valence-corrected chi connectivity index (χ2v) is 11.8. The van der Waals surface area contributed by atoms with Gasteiger partial charge in [-0.05, 0) is 87.9 Å². The van der Waals surface area contributed by atoms with Gasteiger partial charge in [0.15, 0.2) is 11.5 Å². The van der Waals surface area contributed by atoms with Crippen molar-refractivity contribution in [2.45, 2.75) is 75.5 Å². The Morgan fingerprint density at radius 1 is 1.12 bits per heavy atom. The van der Waals surface area contributed by atoms with Crippen molar-refractivity contribution >= 4 is 18.4 Å². The standard InChI is InChI=1S/C27H33NO4.ClH/c1-28-7-6-27-5-4-20(29)11-22(27)32-24-21(3-2-19(15-28)23(24)27)31-25(30)26-12-16-8-17(13-26)10-18(9-16)14-26;/h2-5,16-18,20,22,29H,6-15H2,1H3;1H/t16?,17?,18?,20-,22-,26?,27-;/m0./s1. The molecule has 1 aromatic carbocycles. The first-order valence-electron chi connectivity index (χ1n) is 12.6. The Morgan fingerprint density at radius 2 is 1.82 bits per heavy atom. The third-order valence-corrected chi connectivity index (χ3v) is 9.60. The molecule has 1 spiro atoms. The smallest absolute Gasteiger partial charge is 0.317 e. The summed E-state index contributed by atoms with van der Waals surface area (Å²) < 4.78 is 12.8. The fourth-order valence-electron chi connectivity index (χ4n) is 8.57. The van der Waals surface area contributed by atoms with Crippen molar-refractivity contribution in [3.8, 4) is 11.5 Å². The van der Waals surface area contributed by atoms with Gasteiger partial charge in [0.05, 0.1) is 16.9 Å². The highest BCUT2D eigenvalue weighted by Gasteiger charge is 2.57. The second kappa shape index (κ2) is 7.47.